The predicted octanol–water partition coefficient (Wildman–Crippen LogP) is -0.558. The number of rotatable bonds is 22. The van der Waals surface area contributed by atoms with Gasteiger partial charge in [0.1, 0.15) is 72.2 Å². The van der Waals surface area contributed by atoms with E-state index >= 15 is 0 Å². The molecule has 0 aromatic heterocycles. The maximum atomic E-state index is 12.8. The van der Waals surface area contributed by atoms with Gasteiger partial charge in [-0.1, -0.05) is 0 Å². The third-order valence-corrected chi connectivity index (χ3v) is 16.9. The van der Waals surface area contributed by atoms with Crippen molar-refractivity contribution in [1.82, 2.24) is 0 Å². The smallest absolute Gasteiger partial charge is 0.460 e. The first-order valence-electron chi connectivity index (χ1n) is 27.3. The van der Waals surface area contributed by atoms with Crippen molar-refractivity contribution in [2.75, 3.05) is 98.4 Å². The molecule has 7 aliphatic rings. The standard InChI is InChI=1S/C8H10O6S.C7H5F7O6S.C6H5F5O6S.C6H6F4O6S.C5H7ClO6S.C5H5F3O6S.C5H7FO6S/c1-3-4-6(2)13-8(9)7-5-12-15(10,11)14-7;8-5(9,6(10,11)7(12,13)14)2-18-4(15)3-1-19-21(16,17)20-3;7-5(8,6(9,10)11)2-15-4(12)3-1-16-18(13,14)17-3;7-5(8)6(9,10)2-14-4(11)3-1-15-17(12,13)16-3;6-1-2-10-5(7)4-3-11-13(8,9)12-4;6-5(7,8)2-12-4(9)3-1-13-15(10,11)14-3;6-1-2-10-5(7)4-3-11-13(8,9)12-4/h1,6-7H,4-5H2,2H3;3H,1-2H2;3H,1-2H2;3,5H,1-2H2;4H,1-3H2;3H,1-2H2;4H,1-3H2. The zero-order valence-corrected chi connectivity index (χ0v) is 60.0. The quantitative estimate of drug-likeness (QED) is 0.0431. The van der Waals surface area contributed by atoms with Crippen LogP contribution in [0.25, 0.3) is 0 Å². The van der Waals surface area contributed by atoms with E-state index in [-0.39, 0.29) is 32.1 Å². The second-order valence-electron chi connectivity index (χ2n) is 19.4. The van der Waals surface area contributed by atoms with Crippen molar-refractivity contribution in [3.8, 4) is 12.3 Å². The number of esters is 7. The molecule has 0 N–H and O–H groups in total. The molecular formula is C42H45ClF20O42S7. The lowest BCUT2D eigenvalue weighted by molar-refractivity contribution is -0.360. The molecule has 0 saturated carbocycles. The van der Waals surface area contributed by atoms with E-state index in [1.165, 1.54) is 0 Å². The van der Waals surface area contributed by atoms with Crippen molar-refractivity contribution in [3.05, 3.63) is 0 Å². The number of hydrogen-bond donors (Lipinski definition) is 0. The molecule has 70 heteroatoms. The van der Waals surface area contributed by atoms with Gasteiger partial charge < -0.3 is 33.2 Å². The van der Waals surface area contributed by atoms with Gasteiger partial charge in [0.2, 0.25) is 42.7 Å². The van der Waals surface area contributed by atoms with Gasteiger partial charge in [-0.15, -0.1) is 23.9 Å². The molecule has 112 heavy (non-hydrogen) atoms. The summed E-state index contributed by atoms with van der Waals surface area (Å²) >= 11 is 5.24. The fourth-order valence-electron chi connectivity index (χ4n) is 5.56. The summed E-state index contributed by atoms with van der Waals surface area (Å²) in [6.45, 7) is -12.6. The van der Waals surface area contributed by atoms with Crippen LogP contribution < -0.4 is 0 Å². The summed E-state index contributed by atoms with van der Waals surface area (Å²) in [6, 6.07) is 0. The van der Waals surface area contributed by atoms with Gasteiger partial charge in [0.05, 0.1) is 5.88 Å². The molecule has 0 amide bonds. The van der Waals surface area contributed by atoms with Crippen molar-refractivity contribution in [2.45, 2.75) is 111 Å². The molecule has 0 radical (unpaired) electrons. The monoisotopic (exact) mass is 1860 g/mol. The molecule has 7 fully saturated rings. The fourth-order valence-corrected chi connectivity index (χ4v) is 11.0. The average molecular weight is 1860 g/mol. The van der Waals surface area contributed by atoms with Crippen molar-refractivity contribution < 1.29 is 272 Å². The third-order valence-electron chi connectivity index (χ3n) is 10.5. The number of carbonyl (C=O) groups excluding carboxylic acids is 7. The zero-order valence-electron chi connectivity index (χ0n) is 53.5. The largest absolute Gasteiger partial charge is 0.462 e. The first-order valence-corrected chi connectivity index (χ1v) is 37.2. The van der Waals surface area contributed by atoms with Crippen LogP contribution in [0.1, 0.15) is 13.3 Å². The Morgan fingerprint density at radius 1 is 0.393 bits per heavy atom. The molecule has 0 spiro atoms. The van der Waals surface area contributed by atoms with Crippen LogP contribution in [0.3, 0.4) is 0 Å². The first-order chi connectivity index (χ1) is 50.5. The lowest BCUT2D eigenvalue weighted by atomic mass is 10.2. The zero-order chi connectivity index (χ0) is 87.1. The van der Waals surface area contributed by atoms with Crippen molar-refractivity contribution in [3.63, 3.8) is 0 Å². The van der Waals surface area contributed by atoms with Gasteiger partial charge in [-0.3, -0.25) is 0 Å². The molecule has 0 aromatic rings. The van der Waals surface area contributed by atoms with Crippen LogP contribution in [0.4, 0.5) is 87.8 Å². The normalized spacial score (nSPS) is 24.6. The molecule has 654 valence electrons. The predicted molar refractivity (Wildman–Crippen MR) is 294 cm³/mol. The maximum absolute atomic E-state index is 12.8. The Morgan fingerprint density at radius 2 is 0.643 bits per heavy atom. The van der Waals surface area contributed by atoms with E-state index in [0.29, 0.717) is 0 Å². The van der Waals surface area contributed by atoms with Crippen molar-refractivity contribution in [2.24, 2.45) is 0 Å². The molecule has 7 rings (SSSR count). The number of terminal acetylenes is 1. The van der Waals surface area contributed by atoms with E-state index in [1.807, 2.05) is 0 Å². The molecule has 8 unspecified atom stereocenters. The molecule has 42 nitrogen and oxygen atoms in total. The van der Waals surface area contributed by atoms with Gasteiger partial charge in [0.25, 0.3) is 0 Å². The highest BCUT2D eigenvalue weighted by Gasteiger charge is 2.73. The van der Waals surface area contributed by atoms with Gasteiger partial charge in [-0.05, 0) is 6.92 Å². The van der Waals surface area contributed by atoms with Crippen LogP contribution in [0, 0.1) is 12.3 Å². The Kier molecular flexibility index (Phi) is 39.0. The Morgan fingerprint density at radius 3 is 0.866 bits per heavy atom. The lowest BCUT2D eigenvalue weighted by Crippen LogP contribution is -2.54. The van der Waals surface area contributed by atoms with E-state index in [1.54, 1.807) is 6.92 Å². The van der Waals surface area contributed by atoms with Crippen LogP contribution in [0.5, 0.6) is 0 Å². The minimum Gasteiger partial charge on any atom is -0.462 e. The number of halogens is 21. The Balaban J connectivity index is 0.000000657. The third kappa shape index (κ3) is 37.6. The van der Waals surface area contributed by atoms with Crippen LogP contribution in [0.15, 0.2) is 0 Å². The van der Waals surface area contributed by atoms with Crippen molar-refractivity contribution >= 4 is 126 Å². The molecular weight excluding hydrogens is 1820 g/mol. The van der Waals surface area contributed by atoms with Crippen LogP contribution in [0.2, 0.25) is 0 Å². The summed E-state index contributed by atoms with van der Waals surface area (Å²) in [6.07, 6.45) is -27.5. The van der Waals surface area contributed by atoms with Crippen LogP contribution in [-0.2, 0) is 198 Å². The highest BCUT2D eigenvalue weighted by molar-refractivity contribution is 7.83. The summed E-state index contributed by atoms with van der Waals surface area (Å²) < 4.78 is 472. The maximum Gasteiger partial charge on any atom is 0.460 e. The number of ether oxygens (including phenoxy) is 7. The van der Waals surface area contributed by atoms with E-state index in [2.05, 4.69) is 92.9 Å². The topological polar surface area (TPSA) is 552 Å². The second-order valence-corrected chi connectivity index (χ2v) is 28.5. The fraction of sp³-hybridized carbons (Fsp3) is 0.786. The molecule has 8 atom stereocenters. The molecule has 7 heterocycles. The van der Waals surface area contributed by atoms with E-state index in [4.69, 9.17) is 22.8 Å². The summed E-state index contributed by atoms with van der Waals surface area (Å²) in [5, 5.41) is 0. The molecule has 0 bridgehead atoms. The Labute approximate surface area is 617 Å². The van der Waals surface area contributed by atoms with Crippen molar-refractivity contribution in [1.29, 1.82) is 0 Å². The number of carbonyl (C=O) groups is 7. The first kappa shape index (κ1) is 104. The molecule has 7 saturated heterocycles. The minimum atomic E-state index is -6.57. The highest BCUT2D eigenvalue weighted by Crippen LogP contribution is 2.47. The number of hydrogen-bond acceptors (Lipinski definition) is 42. The van der Waals surface area contributed by atoms with Gasteiger partial charge in [0.15, 0.2) is 26.4 Å². The van der Waals surface area contributed by atoms with Crippen LogP contribution >= 0.6 is 11.6 Å². The Bertz CT molecular complexity index is 4030. The van der Waals surface area contributed by atoms with E-state index in [0.717, 1.165) is 0 Å². The van der Waals surface area contributed by atoms with Gasteiger partial charge in [0, 0.05) is 6.42 Å². The van der Waals surface area contributed by atoms with E-state index in [9.17, 15) is 180 Å². The summed E-state index contributed by atoms with van der Waals surface area (Å²) in [7, 11) is -29.7. The average Bonchev–Trinajstić information content (AvgIpc) is 1.28. The number of alkyl halides is 21. The summed E-state index contributed by atoms with van der Waals surface area (Å²) in [5.74, 6) is -28.6. The van der Waals surface area contributed by atoms with Gasteiger partial charge in [-0.25, -0.2) is 105 Å². The Hall–Kier alpha value is -6.17. The van der Waals surface area contributed by atoms with E-state index < -0.39 is 285 Å². The van der Waals surface area contributed by atoms with Gasteiger partial charge >= 0.3 is 163 Å². The van der Waals surface area contributed by atoms with Crippen LogP contribution in [-0.4, -0.2) is 297 Å². The molecule has 0 aromatic carbocycles. The highest BCUT2D eigenvalue weighted by atomic mass is 35.5. The molecule has 0 aliphatic carbocycles. The second kappa shape index (κ2) is 42.1. The summed E-state index contributed by atoms with van der Waals surface area (Å²) in [5.41, 5.74) is 0. The SMILES string of the molecule is C#CCC(C)OC(=O)C1COS(=O)(=O)O1.O=C(OCC(F)(F)C(F)(F)C(F)(F)F)C1COS(=O)(=O)O1.O=C(OCC(F)(F)C(F)(F)F)C1COS(=O)(=O)O1.O=C(OCC(F)(F)C(F)F)C1COS(=O)(=O)O1.O=C(OCC(F)(F)F)C1COS(=O)(=O)O1.O=C(OCCCl)C1COS(=O)(=O)O1.O=C(OCCF)C1COS(=O)(=O)O1. The van der Waals surface area contributed by atoms with Gasteiger partial charge in [-0.2, -0.15) is 134 Å². The summed E-state index contributed by atoms with van der Waals surface area (Å²) in [4.78, 5) is 76.7. The minimum absolute atomic E-state index is 0.0142. The lowest BCUT2D eigenvalue weighted by Gasteiger charge is -2.27. The molecule has 7 aliphatic heterocycles.